The minimum Gasteiger partial charge on any atom is -0.441 e. The number of aromatic nitrogens is 2. The molecular weight excluding hydrogens is 426 g/mol. The lowest BCUT2D eigenvalue weighted by molar-refractivity contribution is -0.118. The lowest BCUT2D eigenvalue weighted by Crippen LogP contribution is -2.18. The number of primary amides is 1. The first kappa shape index (κ1) is 20.2. The Morgan fingerprint density at radius 2 is 1.93 bits per heavy atom. The second kappa shape index (κ2) is 7.62. The zero-order valence-corrected chi connectivity index (χ0v) is 17.6. The molecule has 2 N–H and O–H groups in total. The maximum atomic E-state index is 13.5. The Morgan fingerprint density at radius 3 is 2.57 bits per heavy atom. The van der Waals surface area contributed by atoms with Gasteiger partial charge in [0.2, 0.25) is 5.91 Å². The minimum atomic E-state index is -3.93. The number of aryl methyl sites for hydroxylation is 2. The van der Waals surface area contributed by atoms with E-state index < -0.39 is 15.9 Å². The van der Waals surface area contributed by atoms with Crippen LogP contribution in [0.4, 0.5) is 0 Å². The summed E-state index contributed by atoms with van der Waals surface area (Å²) < 4.78 is 33.8. The topological polar surface area (TPSA) is 108 Å². The minimum absolute atomic E-state index is 0.0164. The van der Waals surface area contributed by atoms with Crippen LogP contribution in [0.25, 0.3) is 22.2 Å². The van der Waals surface area contributed by atoms with E-state index in [0.717, 1.165) is 0 Å². The molecule has 0 fully saturated rings. The lowest BCUT2D eigenvalue weighted by Gasteiger charge is -2.12. The second-order valence-electron chi connectivity index (χ2n) is 6.82. The Kier molecular flexibility index (Phi) is 5.13. The van der Waals surface area contributed by atoms with Gasteiger partial charge in [-0.15, -0.1) is 0 Å². The molecule has 7 nitrogen and oxygen atoms in total. The number of nitrogens with two attached hydrogens (primary N) is 1. The highest BCUT2D eigenvalue weighted by atomic mass is 35.5. The number of hydrogen-bond acceptors (Lipinski definition) is 5. The molecule has 0 spiro atoms. The smallest absolute Gasteiger partial charge is 0.268 e. The predicted octanol–water partition coefficient (Wildman–Crippen LogP) is 3.91. The molecule has 4 aromatic rings. The average molecular weight is 444 g/mol. The molecule has 0 radical (unpaired) electrons. The summed E-state index contributed by atoms with van der Waals surface area (Å²) in [5, 5.41) is 1.02. The van der Waals surface area contributed by atoms with E-state index in [1.165, 1.54) is 22.3 Å². The Hall–Kier alpha value is -3.10. The van der Waals surface area contributed by atoms with Crippen LogP contribution in [0.1, 0.15) is 18.0 Å². The van der Waals surface area contributed by atoms with Crippen LogP contribution < -0.4 is 5.73 Å². The van der Waals surface area contributed by atoms with Crippen molar-refractivity contribution in [1.82, 2.24) is 8.96 Å². The summed E-state index contributed by atoms with van der Waals surface area (Å²) in [5.74, 6) is 0.387. The molecule has 2 aromatic heterocycles. The molecule has 154 valence electrons. The molecule has 0 aliphatic rings. The van der Waals surface area contributed by atoms with Crippen molar-refractivity contribution in [2.45, 2.75) is 24.7 Å². The van der Waals surface area contributed by atoms with Gasteiger partial charge in [0, 0.05) is 30.0 Å². The summed E-state index contributed by atoms with van der Waals surface area (Å²) in [4.78, 5) is 15.6. The van der Waals surface area contributed by atoms with Gasteiger partial charge in [-0.3, -0.25) is 4.79 Å². The number of halogens is 1. The summed E-state index contributed by atoms with van der Waals surface area (Å²) in [6.07, 6.45) is 1.72. The maximum Gasteiger partial charge on any atom is 0.268 e. The summed E-state index contributed by atoms with van der Waals surface area (Å²) in [5.41, 5.74) is 6.68. The van der Waals surface area contributed by atoms with Gasteiger partial charge >= 0.3 is 0 Å². The molecule has 0 bridgehead atoms. The maximum absolute atomic E-state index is 13.5. The van der Waals surface area contributed by atoms with Crippen molar-refractivity contribution in [3.63, 3.8) is 0 Å². The number of fused-ring (bicyclic) bond motifs is 1. The van der Waals surface area contributed by atoms with Gasteiger partial charge < -0.3 is 10.2 Å². The number of hydrogen-bond donors (Lipinski definition) is 1. The van der Waals surface area contributed by atoms with Gasteiger partial charge in [0.05, 0.1) is 21.6 Å². The largest absolute Gasteiger partial charge is 0.441 e. The molecule has 9 heteroatoms. The van der Waals surface area contributed by atoms with Crippen LogP contribution in [0.15, 0.2) is 64.0 Å². The molecule has 0 atom stereocenters. The molecule has 0 unspecified atom stereocenters. The van der Waals surface area contributed by atoms with E-state index in [0.29, 0.717) is 38.8 Å². The van der Waals surface area contributed by atoms with Crippen LogP contribution in [-0.4, -0.2) is 23.3 Å². The molecular formula is C21H18ClN3O4S. The normalized spacial score (nSPS) is 11.8. The highest BCUT2D eigenvalue weighted by Gasteiger charge is 2.24. The predicted molar refractivity (Wildman–Crippen MR) is 114 cm³/mol. The van der Waals surface area contributed by atoms with Gasteiger partial charge in [-0.1, -0.05) is 29.8 Å². The number of carbonyl (C=O) groups excluding carboxylic acids is 1. The number of benzene rings is 2. The van der Waals surface area contributed by atoms with E-state index >= 15 is 0 Å². The summed E-state index contributed by atoms with van der Waals surface area (Å²) in [6.45, 7) is 1.71. The SMILES string of the molecule is Cc1ncc(-c2cc3c(cc2Cl)cc(CCC(N)=O)n3S(=O)(=O)c2ccccc2)o1. The highest BCUT2D eigenvalue weighted by molar-refractivity contribution is 7.90. The average Bonchev–Trinajstić information content (AvgIpc) is 3.29. The van der Waals surface area contributed by atoms with Crippen LogP contribution >= 0.6 is 11.6 Å². The molecule has 30 heavy (non-hydrogen) atoms. The Balaban J connectivity index is 1.99. The lowest BCUT2D eigenvalue weighted by atomic mass is 10.1. The van der Waals surface area contributed by atoms with Gasteiger partial charge in [-0.05, 0) is 36.8 Å². The molecule has 4 rings (SSSR count). The van der Waals surface area contributed by atoms with E-state index in [4.69, 9.17) is 21.8 Å². The van der Waals surface area contributed by atoms with Crippen molar-refractivity contribution in [1.29, 1.82) is 0 Å². The van der Waals surface area contributed by atoms with Crippen LogP contribution in [-0.2, 0) is 21.2 Å². The van der Waals surface area contributed by atoms with E-state index in [9.17, 15) is 13.2 Å². The Bertz CT molecular complexity index is 1360. The fourth-order valence-corrected chi connectivity index (χ4v) is 5.19. The van der Waals surface area contributed by atoms with Crippen LogP contribution in [0.2, 0.25) is 5.02 Å². The standard InChI is InChI=1S/C21H18ClN3O4S/c1-13-24-12-20(29-13)17-11-19-14(10-18(17)22)9-15(7-8-21(23)26)25(19)30(27,28)16-5-3-2-4-6-16/h2-6,9-12H,7-8H2,1H3,(H2,23,26). The first-order valence-corrected chi connectivity index (χ1v) is 10.9. The van der Waals surface area contributed by atoms with Gasteiger partial charge in [0.15, 0.2) is 11.7 Å². The van der Waals surface area contributed by atoms with Crippen LogP contribution in [0.5, 0.6) is 0 Å². The van der Waals surface area contributed by atoms with Gasteiger partial charge in [-0.25, -0.2) is 17.4 Å². The monoisotopic (exact) mass is 443 g/mol. The first-order valence-electron chi connectivity index (χ1n) is 9.13. The molecule has 2 heterocycles. The third-order valence-corrected chi connectivity index (χ3v) is 6.81. The number of amides is 1. The second-order valence-corrected chi connectivity index (χ2v) is 9.01. The highest BCUT2D eigenvalue weighted by Crippen LogP contribution is 2.35. The van der Waals surface area contributed by atoms with Gasteiger partial charge in [0.25, 0.3) is 10.0 Å². The fraction of sp³-hybridized carbons (Fsp3) is 0.143. The molecule has 2 aromatic carbocycles. The van der Waals surface area contributed by atoms with Gasteiger partial charge in [-0.2, -0.15) is 0 Å². The quantitative estimate of drug-likeness (QED) is 0.486. The molecule has 1 amide bonds. The Morgan fingerprint density at radius 1 is 1.20 bits per heavy atom. The molecule has 0 aliphatic heterocycles. The fourth-order valence-electron chi connectivity index (χ4n) is 3.34. The third-order valence-electron chi connectivity index (χ3n) is 4.71. The van der Waals surface area contributed by atoms with Crippen LogP contribution in [0.3, 0.4) is 0 Å². The third kappa shape index (κ3) is 3.59. The number of carbonyl (C=O) groups is 1. The zero-order valence-electron chi connectivity index (χ0n) is 16.0. The van der Waals surface area contributed by atoms with E-state index in [-0.39, 0.29) is 17.7 Å². The first-order chi connectivity index (χ1) is 14.3. The molecule has 0 saturated carbocycles. The summed E-state index contributed by atoms with van der Waals surface area (Å²) >= 11 is 6.45. The van der Waals surface area contributed by atoms with E-state index in [2.05, 4.69) is 4.98 Å². The zero-order chi connectivity index (χ0) is 21.5. The van der Waals surface area contributed by atoms with Crippen molar-refractivity contribution in [3.05, 3.63) is 71.3 Å². The summed E-state index contributed by atoms with van der Waals surface area (Å²) in [7, 11) is -3.93. The van der Waals surface area contributed by atoms with E-state index in [1.807, 2.05) is 0 Å². The van der Waals surface area contributed by atoms with Crippen molar-refractivity contribution >= 4 is 38.4 Å². The number of nitrogens with zero attached hydrogens (tertiary/aromatic N) is 2. The van der Waals surface area contributed by atoms with E-state index in [1.54, 1.807) is 43.3 Å². The van der Waals surface area contributed by atoms with Gasteiger partial charge in [0.1, 0.15) is 0 Å². The Labute approximate surface area is 178 Å². The van der Waals surface area contributed by atoms with Crippen molar-refractivity contribution in [3.8, 4) is 11.3 Å². The van der Waals surface area contributed by atoms with Crippen molar-refractivity contribution < 1.29 is 17.6 Å². The molecule has 0 aliphatic carbocycles. The number of rotatable bonds is 6. The van der Waals surface area contributed by atoms with Crippen LogP contribution in [0, 0.1) is 6.92 Å². The molecule has 0 saturated heterocycles. The summed E-state index contributed by atoms with van der Waals surface area (Å²) in [6, 6.07) is 13.1. The van der Waals surface area contributed by atoms with Crippen molar-refractivity contribution in [2.75, 3.05) is 0 Å². The van der Waals surface area contributed by atoms with Crippen molar-refractivity contribution in [2.24, 2.45) is 5.73 Å². The number of oxazole rings is 1.